The predicted molar refractivity (Wildman–Crippen MR) is 86.0 cm³/mol. The summed E-state index contributed by atoms with van der Waals surface area (Å²) in [6.45, 7) is 0. The highest BCUT2D eigenvalue weighted by molar-refractivity contribution is 6.33. The van der Waals surface area contributed by atoms with Gasteiger partial charge >= 0.3 is 6.03 Å². The molecular formula is C16H12ClN3O2. The fourth-order valence-electron chi connectivity index (χ4n) is 1.91. The largest absolute Gasteiger partial charge is 0.354 e. The fourth-order valence-corrected chi connectivity index (χ4v) is 2.09. The number of nitrogens with one attached hydrogen (secondary N) is 2. The summed E-state index contributed by atoms with van der Waals surface area (Å²) in [5, 5.41) is 9.52. The first-order chi connectivity index (χ1) is 10.7. The lowest BCUT2D eigenvalue weighted by atomic mass is 10.2. The third-order valence-corrected chi connectivity index (χ3v) is 3.26. The van der Waals surface area contributed by atoms with E-state index in [9.17, 15) is 4.79 Å². The number of anilines is 2. The highest BCUT2D eigenvalue weighted by atomic mass is 35.5. The average Bonchev–Trinajstić information content (AvgIpc) is 2.99. The average molecular weight is 314 g/mol. The van der Waals surface area contributed by atoms with Crippen LogP contribution in [0.25, 0.3) is 11.3 Å². The first kappa shape index (κ1) is 14.2. The van der Waals surface area contributed by atoms with Gasteiger partial charge in [-0.15, -0.1) is 0 Å². The van der Waals surface area contributed by atoms with E-state index in [1.165, 1.54) is 0 Å². The minimum Gasteiger partial charge on any atom is -0.354 e. The molecule has 0 unspecified atom stereocenters. The molecule has 2 amide bonds. The van der Waals surface area contributed by atoms with Crippen LogP contribution in [0.2, 0.25) is 5.02 Å². The van der Waals surface area contributed by atoms with Crippen LogP contribution in [0.4, 0.5) is 16.3 Å². The molecule has 22 heavy (non-hydrogen) atoms. The molecule has 0 radical (unpaired) electrons. The van der Waals surface area contributed by atoms with E-state index >= 15 is 0 Å². The zero-order chi connectivity index (χ0) is 15.4. The minimum absolute atomic E-state index is 0.323. The van der Waals surface area contributed by atoms with Crippen LogP contribution in [-0.2, 0) is 0 Å². The Balaban J connectivity index is 1.68. The summed E-state index contributed by atoms with van der Waals surface area (Å²) in [6, 6.07) is 17.7. The van der Waals surface area contributed by atoms with Gasteiger partial charge in [-0.2, -0.15) is 0 Å². The maximum atomic E-state index is 11.9. The van der Waals surface area contributed by atoms with Crippen molar-refractivity contribution in [3.05, 3.63) is 65.7 Å². The molecule has 2 aromatic carbocycles. The first-order valence-corrected chi connectivity index (χ1v) is 6.95. The molecule has 0 aliphatic heterocycles. The van der Waals surface area contributed by atoms with Gasteiger partial charge in [0.1, 0.15) is 0 Å². The molecule has 110 valence electrons. The van der Waals surface area contributed by atoms with E-state index in [-0.39, 0.29) is 0 Å². The van der Waals surface area contributed by atoms with Crippen LogP contribution >= 0.6 is 11.6 Å². The molecule has 1 aromatic heterocycles. The molecule has 0 fully saturated rings. The van der Waals surface area contributed by atoms with E-state index in [4.69, 9.17) is 16.1 Å². The minimum atomic E-state index is -0.444. The Morgan fingerprint density at radius 1 is 1.00 bits per heavy atom. The standard InChI is InChI=1S/C16H12ClN3O2/c17-12-8-4-5-9-13(12)18-16(21)19-15-10-14(22-20-15)11-6-2-1-3-7-11/h1-10H,(H2,18,19,20,21). The molecule has 6 heteroatoms. The maximum Gasteiger partial charge on any atom is 0.324 e. The summed E-state index contributed by atoms with van der Waals surface area (Å²) in [7, 11) is 0. The first-order valence-electron chi connectivity index (χ1n) is 6.57. The number of hydrogen-bond acceptors (Lipinski definition) is 3. The Hall–Kier alpha value is -2.79. The van der Waals surface area contributed by atoms with Crippen LogP contribution < -0.4 is 10.6 Å². The van der Waals surface area contributed by atoms with Gasteiger partial charge in [0.2, 0.25) is 0 Å². The number of rotatable bonds is 3. The molecule has 0 spiro atoms. The van der Waals surface area contributed by atoms with E-state index in [1.807, 2.05) is 30.3 Å². The second-order valence-corrected chi connectivity index (χ2v) is 4.91. The molecular weight excluding hydrogens is 302 g/mol. The smallest absolute Gasteiger partial charge is 0.324 e. The van der Waals surface area contributed by atoms with E-state index in [0.29, 0.717) is 22.3 Å². The Kier molecular flexibility index (Phi) is 4.07. The monoisotopic (exact) mass is 313 g/mol. The molecule has 2 N–H and O–H groups in total. The van der Waals surface area contributed by atoms with Gasteiger partial charge < -0.3 is 9.84 Å². The highest BCUT2D eigenvalue weighted by Gasteiger charge is 2.10. The van der Waals surface area contributed by atoms with Gasteiger partial charge in [0.15, 0.2) is 11.6 Å². The molecule has 0 aliphatic rings. The maximum absolute atomic E-state index is 11.9. The van der Waals surface area contributed by atoms with Gasteiger partial charge in [0.25, 0.3) is 0 Å². The second kappa shape index (κ2) is 6.32. The predicted octanol–water partition coefficient (Wildman–Crippen LogP) is 4.64. The van der Waals surface area contributed by atoms with Crippen LogP contribution in [0.1, 0.15) is 0 Å². The van der Waals surface area contributed by atoms with Gasteiger partial charge in [-0.3, -0.25) is 5.32 Å². The number of urea groups is 1. The van der Waals surface area contributed by atoms with Crippen molar-refractivity contribution in [1.82, 2.24) is 5.16 Å². The normalized spacial score (nSPS) is 10.2. The van der Waals surface area contributed by atoms with Gasteiger partial charge in [0.05, 0.1) is 10.7 Å². The molecule has 5 nitrogen and oxygen atoms in total. The van der Waals surface area contributed by atoms with E-state index in [1.54, 1.807) is 30.3 Å². The topological polar surface area (TPSA) is 67.2 Å². The summed E-state index contributed by atoms with van der Waals surface area (Å²) < 4.78 is 5.21. The number of hydrogen-bond donors (Lipinski definition) is 2. The number of aromatic nitrogens is 1. The van der Waals surface area contributed by atoms with Crippen molar-refractivity contribution < 1.29 is 9.32 Å². The molecule has 0 aliphatic carbocycles. The number of para-hydroxylation sites is 1. The molecule has 0 saturated carbocycles. The van der Waals surface area contributed by atoms with Gasteiger partial charge in [-0.05, 0) is 12.1 Å². The third kappa shape index (κ3) is 3.27. The van der Waals surface area contributed by atoms with Crippen molar-refractivity contribution in [1.29, 1.82) is 0 Å². The molecule has 0 bridgehead atoms. The highest BCUT2D eigenvalue weighted by Crippen LogP contribution is 2.23. The molecule has 1 heterocycles. The zero-order valence-electron chi connectivity index (χ0n) is 11.4. The van der Waals surface area contributed by atoms with Crippen LogP contribution in [0.3, 0.4) is 0 Å². The van der Waals surface area contributed by atoms with Gasteiger partial charge in [-0.1, -0.05) is 59.2 Å². The van der Waals surface area contributed by atoms with Crippen LogP contribution in [0.5, 0.6) is 0 Å². The molecule has 0 saturated heterocycles. The van der Waals surface area contributed by atoms with Gasteiger partial charge in [0, 0.05) is 11.6 Å². The number of carbonyl (C=O) groups excluding carboxylic acids is 1. The van der Waals surface area contributed by atoms with E-state index in [2.05, 4.69) is 15.8 Å². The van der Waals surface area contributed by atoms with E-state index < -0.39 is 6.03 Å². The lowest BCUT2D eigenvalue weighted by Gasteiger charge is -2.06. The number of carbonyl (C=O) groups is 1. The third-order valence-electron chi connectivity index (χ3n) is 2.93. The van der Waals surface area contributed by atoms with E-state index in [0.717, 1.165) is 5.56 Å². The SMILES string of the molecule is O=C(Nc1cc(-c2ccccc2)on1)Nc1ccccc1Cl. The van der Waals surface area contributed by atoms with Crippen molar-refractivity contribution in [3.8, 4) is 11.3 Å². The summed E-state index contributed by atoms with van der Waals surface area (Å²) in [6.07, 6.45) is 0. The van der Waals surface area contributed by atoms with Gasteiger partial charge in [-0.25, -0.2) is 4.79 Å². The molecule has 3 aromatic rings. The van der Waals surface area contributed by atoms with Crippen molar-refractivity contribution in [2.45, 2.75) is 0 Å². The van der Waals surface area contributed by atoms with Crippen molar-refractivity contribution in [2.75, 3.05) is 10.6 Å². The molecule has 0 atom stereocenters. The van der Waals surface area contributed by atoms with Crippen molar-refractivity contribution in [3.63, 3.8) is 0 Å². The number of nitrogens with zero attached hydrogens (tertiary/aromatic N) is 1. The number of amides is 2. The van der Waals surface area contributed by atoms with Crippen LogP contribution in [0.15, 0.2) is 65.2 Å². The summed E-state index contributed by atoms with van der Waals surface area (Å²) in [4.78, 5) is 11.9. The Morgan fingerprint density at radius 2 is 1.73 bits per heavy atom. The van der Waals surface area contributed by atoms with Crippen LogP contribution in [0, 0.1) is 0 Å². The fraction of sp³-hybridized carbons (Fsp3) is 0. The second-order valence-electron chi connectivity index (χ2n) is 4.50. The van der Waals surface area contributed by atoms with Crippen molar-refractivity contribution >= 4 is 29.1 Å². The summed E-state index contributed by atoms with van der Waals surface area (Å²) in [5.74, 6) is 0.900. The quantitative estimate of drug-likeness (QED) is 0.740. The Morgan fingerprint density at radius 3 is 2.50 bits per heavy atom. The van der Waals surface area contributed by atoms with Crippen molar-refractivity contribution in [2.24, 2.45) is 0 Å². The summed E-state index contributed by atoms with van der Waals surface area (Å²) in [5.41, 5.74) is 1.41. The van der Waals surface area contributed by atoms with Crippen LogP contribution in [-0.4, -0.2) is 11.2 Å². The summed E-state index contributed by atoms with van der Waals surface area (Å²) >= 11 is 5.98. The molecule has 3 rings (SSSR count). The lowest BCUT2D eigenvalue weighted by molar-refractivity contribution is 0.262. The number of benzene rings is 2. The Bertz CT molecular complexity index is 787. The number of halogens is 1. The Labute approximate surface area is 131 Å². The zero-order valence-corrected chi connectivity index (χ0v) is 12.2. The lowest BCUT2D eigenvalue weighted by Crippen LogP contribution is -2.19.